The number of unbranched alkanes of at least 4 members (excludes halogenated alkanes) is 21. The van der Waals surface area contributed by atoms with Gasteiger partial charge in [0.25, 0.3) is 0 Å². The van der Waals surface area contributed by atoms with Gasteiger partial charge < -0.3 is 7.59 Å². The van der Waals surface area contributed by atoms with Crippen molar-refractivity contribution in [1.82, 2.24) is 0 Å². The Morgan fingerprint density at radius 1 is 0.459 bits per heavy atom. The Morgan fingerprint density at radius 2 is 0.730 bits per heavy atom. The van der Waals surface area contributed by atoms with Gasteiger partial charge >= 0.3 is 71.1 Å². The molecule has 0 N–H and O–H groups in total. The average molecular weight is 541 g/mol. The molecule has 0 aromatic heterocycles. The quantitative estimate of drug-likeness (QED) is 0.0483. The standard InChI is InChI=1S/C32H60O3.2Na.2H/c1-3-5-7-9-11-13-15-16-17-18-20-22-24-26-28-30-32(34)35-31(33)29-27-25-23-21-19-14-12-10-8-6-4-2;;;;/h16-17H,3-15,18-30H2,1-2H3;;;;/q;2*+1;2*-1/b17-16-;;;;. The number of carbonyl (C=O) groups is 2. The summed E-state index contributed by atoms with van der Waals surface area (Å²) in [4.78, 5) is 23.7. The Hall–Kier alpha value is 0.880. The van der Waals surface area contributed by atoms with Crippen LogP contribution in [0, 0.1) is 0 Å². The Labute approximate surface area is 279 Å². The monoisotopic (exact) mass is 540 g/mol. The molecule has 210 valence electrons. The van der Waals surface area contributed by atoms with Crippen LogP contribution in [0.2, 0.25) is 0 Å². The first-order valence-corrected chi connectivity index (χ1v) is 15.6. The predicted molar refractivity (Wildman–Crippen MR) is 154 cm³/mol. The Morgan fingerprint density at radius 3 is 1.05 bits per heavy atom. The van der Waals surface area contributed by atoms with Crippen LogP contribution in [0.3, 0.4) is 0 Å². The molecule has 0 aromatic carbocycles. The van der Waals surface area contributed by atoms with E-state index in [4.69, 9.17) is 4.74 Å². The smallest absolute Gasteiger partial charge is 1.00 e. The zero-order valence-corrected chi connectivity index (χ0v) is 29.8. The van der Waals surface area contributed by atoms with E-state index in [1.54, 1.807) is 0 Å². The van der Waals surface area contributed by atoms with Crippen molar-refractivity contribution in [2.45, 2.75) is 181 Å². The topological polar surface area (TPSA) is 43.4 Å². The third kappa shape index (κ3) is 36.9. The first-order valence-electron chi connectivity index (χ1n) is 15.6. The van der Waals surface area contributed by atoms with E-state index in [2.05, 4.69) is 26.0 Å². The van der Waals surface area contributed by atoms with Gasteiger partial charge in [-0.25, -0.2) is 0 Å². The number of carbonyl (C=O) groups excluding carboxylic acids is 2. The van der Waals surface area contributed by atoms with E-state index in [0.717, 1.165) is 32.1 Å². The van der Waals surface area contributed by atoms with Gasteiger partial charge in [-0.15, -0.1) is 0 Å². The fraction of sp³-hybridized carbons (Fsp3) is 0.875. The average Bonchev–Trinajstić information content (AvgIpc) is 2.85. The molecule has 0 unspecified atom stereocenters. The molecule has 0 aliphatic carbocycles. The summed E-state index contributed by atoms with van der Waals surface area (Å²) >= 11 is 0. The summed E-state index contributed by atoms with van der Waals surface area (Å²) in [7, 11) is 0. The molecule has 0 spiro atoms. The van der Waals surface area contributed by atoms with Gasteiger partial charge in [0.1, 0.15) is 0 Å². The maximum Gasteiger partial charge on any atom is 1.00 e. The minimum Gasteiger partial charge on any atom is -1.00 e. The first-order chi connectivity index (χ1) is 17.2. The molecule has 0 saturated heterocycles. The molecule has 0 radical (unpaired) electrons. The fourth-order valence-electron chi connectivity index (χ4n) is 4.50. The molecule has 0 atom stereocenters. The number of rotatable bonds is 27. The molecule has 0 aliphatic rings. The zero-order valence-electron chi connectivity index (χ0n) is 27.8. The second-order valence-electron chi connectivity index (χ2n) is 10.5. The van der Waals surface area contributed by atoms with E-state index in [1.165, 1.54) is 122 Å². The minimum atomic E-state index is -0.337. The van der Waals surface area contributed by atoms with Gasteiger partial charge in [0.2, 0.25) is 0 Å². The normalized spacial score (nSPS) is 10.8. The summed E-state index contributed by atoms with van der Waals surface area (Å²) in [5.74, 6) is -0.672. The van der Waals surface area contributed by atoms with Gasteiger partial charge in [-0.2, -0.15) is 0 Å². The van der Waals surface area contributed by atoms with Gasteiger partial charge in [-0.3, -0.25) is 9.59 Å². The first kappa shape index (κ1) is 42.3. The summed E-state index contributed by atoms with van der Waals surface area (Å²) in [5.41, 5.74) is 0. The van der Waals surface area contributed by atoms with E-state index < -0.39 is 0 Å². The van der Waals surface area contributed by atoms with Crippen molar-refractivity contribution in [3.05, 3.63) is 12.2 Å². The summed E-state index contributed by atoms with van der Waals surface area (Å²) < 4.78 is 4.97. The van der Waals surface area contributed by atoms with Crippen LogP contribution in [-0.4, -0.2) is 11.9 Å². The molecular weight excluding hydrogens is 478 g/mol. The maximum absolute atomic E-state index is 11.8. The van der Waals surface area contributed by atoms with E-state index >= 15 is 0 Å². The summed E-state index contributed by atoms with van der Waals surface area (Å²) in [6.45, 7) is 4.52. The molecule has 0 bridgehead atoms. The number of allylic oxidation sites excluding steroid dienone is 2. The van der Waals surface area contributed by atoms with Gasteiger partial charge in [0.15, 0.2) is 0 Å². The molecule has 3 nitrogen and oxygen atoms in total. The zero-order chi connectivity index (χ0) is 25.7. The molecule has 5 heteroatoms. The molecular formula is C32H62Na2O3. The predicted octanol–water partition coefficient (Wildman–Crippen LogP) is 5.03. The van der Waals surface area contributed by atoms with Crippen molar-refractivity contribution in [3.63, 3.8) is 0 Å². The van der Waals surface area contributed by atoms with Crippen LogP contribution < -0.4 is 59.1 Å². The van der Waals surface area contributed by atoms with Crippen LogP contribution in [0.25, 0.3) is 0 Å². The van der Waals surface area contributed by atoms with Crippen LogP contribution in [0.15, 0.2) is 12.2 Å². The van der Waals surface area contributed by atoms with Crippen LogP contribution in [0.5, 0.6) is 0 Å². The largest absolute Gasteiger partial charge is 1.00 e. The second-order valence-corrected chi connectivity index (χ2v) is 10.5. The Bertz CT molecular complexity index is 506. The summed E-state index contributed by atoms with van der Waals surface area (Å²) in [6.07, 6.45) is 35.3. The molecule has 0 aliphatic heterocycles. The minimum absolute atomic E-state index is 0. The van der Waals surface area contributed by atoms with Gasteiger partial charge in [-0.1, -0.05) is 142 Å². The van der Waals surface area contributed by atoms with Crippen molar-refractivity contribution in [2.24, 2.45) is 0 Å². The van der Waals surface area contributed by atoms with Gasteiger partial charge in [0, 0.05) is 12.8 Å². The van der Waals surface area contributed by atoms with E-state index in [9.17, 15) is 9.59 Å². The molecule has 37 heavy (non-hydrogen) atoms. The molecule has 0 saturated carbocycles. The van der Waals surface area contributed by atoms with Crippen molar-refractivity contribution in [1.29, 1.82) is 0 Å². The van der Waals surface area contributed by atoms with Gasteiger partial charge in [0.05, 0.1) is 0 Å². The van der Waals surface area contributed by atoms with Crippen molar-refractivity contribution >= 4 is 11.9 Å². The van der Waals surface area contributed by atoms with Gasteiger partial charge in [-0.05, 0) is 38.5 Å². The number of esters is 2. The molecule has 0 rings (SSSR count). The number of hydrogen-bond donors (Lipinski definition) is 0. The van der Waals surface area contributed by atoms with Crippen molar-refractivity contribution in [2.75, 3.05) is 0 Å². The van der Waals surface area contributed by atoms with E-state index in [0.29, 0.717) is 12.8 Å². The van der Waals surface area contributed by atoms with Crippen molar-refractivity contribution < 1.29 is 76.3 Å². The SMILES string of the molecule is CCCCCCCC/C=C\CCCCCCCC(=O)OC(=O)CCCCCCCCCCCCC.[H-].[H-].[Na+].[Na+]. The maximum atomic E-state index is 11.8. The molecule has 0 fully saturated rings. The molecule has 0 amide bonds. The fourth-order valence-corrected chi connectivity index (χ4v) is 4.50. The molecule has 0 aromatic rings. The van der Waals surface area contributed by atoms with Crippen LogP contribution in [0.1, 0.15) is 184 Å². The number of ether oxygens (including phenoxy) is 1. The molecule has 0 heterocycles. The van der Waals surface area contributed by atoms with Crippen LogP contribution >= 0.6 is 0 Å². The Kier molecular flexibility index (Phi) is 42.2. The summed E-state index contributed by atoms with van der Waals surface area (Å²) in [6, 6.07) is 0. The van der Waals surface area contributed by atoms with Crippen molar-refractivity contribution in [3.8, 4) is 0 Å². The number of hydrogen-bond acceptors (Lipinski definition) is 3. The van der Waals surface area contributed by atoms with Crippen LogP contribution in [0.4, 0.5) is 0 Å². The third-order valence-corrected chi connectivity index (χ3v) is 6.85. The second kappa shape index (κ2) is 36.9. The Balaban J connectivity index is -0.000000963. The summed E-state index contributed by atoms with van der Waals surface area (Å²) in [5, 5.41) is 0. The van der Waals surface area contributed by atoms with E-state index in [1.807, 2.05) is 0 Å². The van der Waals surface area contributed by atoms with E-state index in [-0.39, 0.29) is 73.9 Å². The van der Waals surface area contributed by atoms with Crippen LogP contribution in [-0.2, 0) is 14.3 Å². The third-order valence-electron chi connectivity index (χ3n) is 6.85.